The Morgan fingerprint density at radius 2 is 2.26 bits per heavy atom. The third kappa shape index (κ3) is 5.54. The van der Waals surface area contributed by atoms with Gasteiger partial charge in [-0.05, 0) is 43.5 Å². The molecule has 27 heavy (non-hydrogen) atoms. The second-order valence-electron chi connectivity index (χ2n) is 6.43. The largest absolute Gasteiger partial charge is 0.357 e. The number of nitrogens with one attached hydrogen (secondary N) is 2. The van der Waals surface area contributed by atoms with E-state index in [0.29, 0.717) is 13.0 Å². The van der Waals surface area contributed by atoms with Gasteiger partial charge in [-0.15, -0.1) is 0 Å². The SMILES string of the molecule is CCNC(=NCc1ccnc(-n2cccn2)c1)NCCCN1CCCC1=O. The molecule has 2 aromatic heterocycles. The summed E-state index contributed by atoms with van der Waals surface area (Å²) in [7, 11) is 0. The van der Waals surface area contributed by atoms with Crippen molar-refractivity contribution in [3.05, 3.63) is 42.4 Å². The number of rotatable bonds is 8. The molecular weight excluding hydrogens is 342 g/mol. The first-order chi connectivity index (χ1) is 13.3. The van der Waals surface area contributed by atoms with Crippen molar-refractivity contribution in [2.24, 2.45) is 4.99 Å². The number of hydrogen-bond acceptors (Lipinski definition) is 4. The van der Waals surface area contributed by atoms with Gasteiger partial charge in [-0.25, -0.2) is 14.7 Å². The number of carbonyl (C=O) groups is 1. The molecule has 0 saturated carbocycles. The van der Waals surface area contributed by atoms with E-state index in [9.17, 15) is 4.79 Å². The van der Waals surface area contributed by atoms with Crippen LogP contribution in [0.1, 0.15) is 31.7 Å². The number of aromatic nitrogens is 3. The quantitative estimate of drug-likeness (QED) is 0.416. The Labute approximate surface area is 159 Å². The fourth-order valence-corrected chi connectivity index (χ4v) is 3.02. The monoisotopic (exact) mass is 369 g/mol. The van der Waals surface area contributed by atoms with Crippen LogP contribution < -0.4 is 10.6 Å². The predicted octanol–water partition coefficient (Wildman–Crippen LogP) is 1.33. The van der Waals surface area contributed by atoms with E-state index in [4.69, 9.17) is 0 Å². The van der Waals surface area contributed by atoms with Gasteiger partial charge in [-0.3, -0.25) is 4.79 Å². The lowest BCUT2D eigenvalue weighted by molar-refractivity contribution is -0.127. The highest BCUT2D eigenvalue weighted by atomic mass is 16.2. The Morgan fingerprint density at radius 1 is 1.33 bits per heavy atom. The minimum atomic E-state index is 0.279. The highest BCUT2D eigenvalue weighted by Gasteiger charge is 2.18. The molecule has 8 nitrogen and oxygen atoms in total. The summed E-state index contributed by atoms with van der Waals surface area (Å²) < 4.78 is 1.73. The van der Waals surface area contributed by atoms with Crippen molar-refractivity contribution in [3.63, 3.8) is 0 Å². The van der Waals surface area contributed by atoms with Gasteiger partial charge in [-0.1, -0.05) is 0 Å². The zero-order valence-electron chi connectivity index (χ0n) is 15.8. The fraction of sp³-hybridized carbons (Fsp3) is 0.474. The van der Waals surface area contributed by atoms with Gasteiger partial charge in [0, 0.05) is 51.2 Å². The summed E-state index contributed by atoms with van der Waals surface area (Å²) in [5, 5.41) is 10.8. The number of nitrogens with zero attached hydrogens (tertiary/aromatic N) is 5. The van der Waals surface area contributed by atoms with Crippen LogP contribution in [-0.4, -0.2) is 57.7 Å². The standard InChI is InChI=1S/C19H27N7O/c1-2-20-19(22-8-4-12-25-11-3-6-18(25)27)23-15-16-7-10-21-17(14-16)26-13-5-9-24-26/h5,7,9-10,13-14H,2-4,6,8,11-12,15H2,1H3,(H2,20,22,23). The van der Waals surface area contributed by atoms with Crippen LogP contribution in [0.4, 0.5) is 0 Å². The molecule has 1 fully saturated rings. The van der Waals surface area contributed by atoms with Crippen LogP contribution in [0.15, 0.2) is 41.8 Å². The highest BCUT2D eigenvalue weighted by molar-refractivity contribution is 5.79. The van der Waals surface area contributed by atoms with Gasteiger partial charge in [0.05, 0.1) is 6.54 Å². The third-order valence-electron chi connectivity index (χ3n) is 4.38. The number of hydrogen-bond donors (Lipinski definition) is 2. The predicted molar refractivity (Wildman–Crippen MR) is 105 cm³/mol. The van der Waals surface area contributed by atoms with E-state index in [-0.39, 0.29) is 5.91 Å². The average Bonchev–Trinajstić information content (AvgIpc) is 3.35. The van der Waals surface area contributed by atoms with Crippen LogP contribution in [-0.2, 0) is 11.3 Å². The second kappa shape index (κ2) is 9.70. The molecule has 8 heteroatoms. The number of likely N-dealkylation sites (tertiary alicyclic amines) is 1. The van der Waals surface area contributed by atoms with E-state index in [2.05, 4.69) is 25.7 Å². The Balaban J connectivity index is 1.51. The van der Waals surface area contributed by atoms with Gasteiger partial charge in [0.2, 0.25) is 5.91 Å². The summed E-state index contributed by atoms with van der Waals surface area (Å²) in [6, 6.07) is 5.81. The minimum absolute atomic E-state index is 0.279. The molecule has 0 spiro atoms. The van der Waals surface area contributed by atoms with Crippen molar-refractivity contribution in [3.8, 4) is 5.82 Å². The Bertz CT molecular complexity index is 757. The van der Waals surface area contributed by atoms with Crippen LogP contribution >= 0.6 is 0 Å². The smallest absolute Gasteiger partial charge is 0.222 e. The second-order valence-corrected chi connectivity index (χ2v) is 6.43. The first kappa shape index (κ1) is 18.9. The molecule has 3 heterocycles. The minimum Gasteiger partial charge on any atom is -0.357 e. The molecule has 0 atom stereocenters. The van der Waals surface area contributed by atoms with E-state index in [1.807, 2.05) is 36.2 Å². The van der Waals surface area contributed by atoms with Crippen LogP contribution in [0.5, 0.6) is 0 Å². The first-order valence-electron chi connectivity index (χ1n) is 9.51. The fourth-order valence-electron chi connectivity index (χ4n) is 3.02. The number of pyridine rings is 1. The number of aliphatic imine (C=N–C) groups is 1. The zero-order valence-corrected chi connectivity index (χ0v) is 15.8. The van der Waals surface area contributed by atoms with E-state index in [0.717, 1.165) is 56.4 Å². The Kier molecular flexibility index (Phi) is 6.78. The van der Waals surface area contributed by atoms with Crippen LogP contribution in [0.25, 0.3) is 5.82 Å². The molecule has 1 aliphatic rings. The van der Waals surface area contributed by atoms with Crippen molar-refractivity contribution >= 4 is 11.9 Å². The Hall–Kier alpha value is -2.90. The van der Waals surface area contributed by atoms with Crippen molar-refractivity contribution < 1.29 is 4.79 Å². The molecule has 0 bridgehead atoms. The molecule has 1 aliphatic heterocycles. The lowest BCUT2D eigenvalue weighted by Crippen LogP contribution is -2.39. The third-order valence-corrected chi connectivity index (χ3v) is 4.38. The lowest BCUT2D eigenvalue weighted by atomic mass is 10.2. The summed E-state index contributed by atoms with van der Waals surface area (Å²) in [5.41, 5.74) is 1.07. The van der Waals surface area contributed by atoms with Gasteiger partial charge < -0.3 is 15.5 Å². The van der Waals surface area contributed by atoms with Crippen molar-refractivity contribution in [1.82, 2.24) is 30.3 Å². The lowest BCUT2D eigenvalue weighted by Gasteiger charge is -2.16. The van der Waals surface area contributed by atoms with Gasteiger partial charge in [0.15, 0.2) is 11.8 Å². The van der Waals surface area contributed by atoms with Gasteiger partial charge >= 0.3 is 0 Å². The molecule has 144 valence electrons. The molecule has 1 saturated heterocycles. The van der Waals surface area contributed by atoms with Crippen LogP contribution in [0, 0.1) is 0 Å². The van der Waals surface area contributed by atoms with Crippen LogP contribution in [0.3, 0.4) is 0 Å². The van der Waals surface area contributed by atoms with E-state index >= 15 is 0 Å². The summed E-state index contributed by atoms with van der Waals surface area (Å²) in [4.78, 5) is 22.6. The van der Waals surface area contributed by atoms with Gasteiger partial charge in [-0.2, -0.15) is 5.10 Å². The molecule has 1 amide bonds. The zero-order chi connectivity index (χ0) is 18.9. The normalized spacial score (nSPS) is 14.6. The molecule has 2 N–H and O–H groups in total. The van der Waals surface area contributed by atoms with Crippen molar-refractivity contribution in [2.45, 2.75) is 32.7 Å². The maximum absolute atomic E-state index is 11.6. The van der Waals surface area contributed by atoms with E-state index in [1.165, 1.54) is 0 Å². The topological polar surface area (TPSA) is 87.4 Å². The van der Waals surface area contributed by atoms with Crippen molar-refractivity contribution in [2.75, 3.05) is 26.2 Å². The molecule has 0 aliphatic carbocycles. The summed E-state index contributed by atoms with van der Waals surface area (Å²) >= 11 is 0. The molecule has 3 rings (SSSR count). The molecule has 2 aromatic rings. The molecule has 0 unspecified atom stereocenters. The summed E-state index contributed by atoms with van der Waals surface area (Å²) in [6.07, 6.45) is 7.97. The summed E-state index contributed by atoms with van der Waals surface area (Å²) in [5.74, 6) is 1.84. The maximum atomic E-state index is 11.6. The number of guanidine groups is 1. The van der Waals surface area contributed by atoms with Gasteiger partial charge in [0.1, 0.15) is 0 Å². The summed E-state index contributed by atoms with van der Waals surface area (Å²) in [6.45, 7) is 5.88. The highest BCUT2D eigenvalue weighted by Crippen LogP contribution is 2.09. The molecular formula is C19H27N7O. The van der Waals surface area contributed by atoms with Gasteiger partial charge in [0.25, 0.3) is 0 Å². The van der Waals surface area contributed by atoms with E-state index < -0.39 is 0 Å². The van der Waals surface area contributed by atoms with Crippen molar-refractivity contribution in [1.29, 1.82) is 0 Å². The number of carbonyl (C=O) groups excluding carboxylic acids is 1. The first-order valence-corrected chi connectivity index (χ1v) is 9.51. The Morgan fingerprint density at radius 3 is 3.00 bits per heavy atom. The van der Waals surface area contributed by atoms with E-state index in [1.54, 1.807) is 17.1 Å². The number of amides is 1. The van der Waals surface area contributed by atoms with Crippen LogP contribution in [0.2, 0.25) is 0 Å². The average molecular weight is 369 g/mol. The maximum Gasteiger partial charge on any atom is 0.222 e. The molecule has 0 radical (unpaired) electrons. The molecule has 0 aromatic carbocycles.